The zero-order valence-corrected chi connectivity index (χ0v) is 13.1. The van der Waals surface area contributed by atoms with Crippen LogP contribution in [-0.2, 0) is 6.61 Å². The van der Waals surface area contributed by atoms with Crippen molar-refractivity contribution >= 4 is 12.2 Å². The maximum Gasteiger partial charge on any atom is 0.124 e. The molecular formula is C21H18O3. The summed E-state index contributed by atoms with van der Waals surface area (Å²) >= 11 is 0. The molecule has 0 aliphatic heterocycles. The van der Waals surface area contributed by atoms with E-state index in [0.717, 1.165) is 16.7 Å². The fourth-order valence-corrected chi connectivity index (χ4v) is 2.30. The Morgan fingerprint density at radius 2 is 1.42 bits per heavy atom. The lowest BCUT2D eigenvalue weighted by molar-refractivity contribution is 0.304. The first-order chi connectivity index (χ1) is 11.7. The molecule has 0 bridgehead atoms. The van der Waals surface area contributed by atoms with E-state index in [1.54, 1.807) is 24.3 Å². The maximum absolute atomic E-state index is 9.88. The Morgan fingerprint density at radius 3 is 2.17 bits per heavy atom. The van der Waals surface area contributed by atoms with E-state index in [2.05, 4.69) is 0 Å². The van der Waals surface area contributed by atoms with Gasteiger partial charge in [0.25, 0.3) is 0 Å². The van der Waals surface area contributed by atoms with Gasteiger partial charge in [-0.3, -0.25) is 0 Å². The number of hydrogen-bond acceptors (Lipinski definition) is 3. The van der Waals surface area contributed by atoms with Crippen LogP contribution in [0.3, 0.4) is 0 Å². The van der Waals surface area contributed by atoms with Gasteiger partial charge in [-0.1, -0.05) is 54.6 Å². The van der Waals surface area contributed by atoms with Gasteiger partial charge in [-0.15, -0.1) is 0 Å². The third-order valence-corrected chi connectivity index (χ3v) is 3.52. The van der Waals surface area contributed by atoms with Crippen LogP contribution in [0.25, 0.3) is 12.2 Å². The van der Waals surface area contributed by atoms with Crippen LogP contribution in [0.15, 0.2) is 72.8 Å². The minimum absolute atomic E-state index is 0.158. The third kappa shape index (κ3) is 4.40. The number of phenols is 2. The molecule has 3 nitrogen and oxygen atoms in total. The van der Waals surface area contributed by atoms with E-state index in [9.17, 15) is 10.2 Å². The highest BCUT2D eigenvalue weighted by molar-refractivity contribution is 5.71. The highest BCUT2D eigenvalue weighted by Gasteiger charge is 2.01. The van der Waals surface area contributed by atoms with Gasteiger partial charge in [0.2, 0.25) is 0 Å². The minimum Gasteiger partial charge on any atom is -0.508 e. The topological polar surface area (TPSA) is 49.7 Å². The minimum atomic E-state index is 0.158. The number of ether oxygens (including phenoxy) is 1. The van der Waals surface area contributed by atoms with Crippen molar-refractivity contribution in [2.75, 3.05) is 0 Å². The van der Waals surface area contributed by atoms with Gasteiger partial charge >= 0.3 is 0 Å². The molecule has 3 rings (SSSR count). The molecule has 120 valence electrons. The fourth-order valence-electron chi connectivity index (χ4n) is 2.30. The van der Waals surface area contributed by atoms with Crippen LogP contribution in [0.1, 0.15) is 16.7 Å². The Balaban J connectivity index is 1.72. The van der Waals surface area contributed by atoms with E-state index < -0.39 is 0 Å². The van der Waals surface area contributed by atoms with E-state index >= 15 is 0 Å². The molecule has 0 fully saturated rings. The lowest BCUT2D eigenvalue weighted by Gasteiger charge is -2.08. The van der Waals surface area contributed by atoms with Crippen molar-refractivity contribution in [3.05, 3.63) is 89.5 Å². The predicted octanol–water partition coefficient (Wildman–Crippen LogP) is 4.85. The Labute approximate surface area is 141 Å². The molecule has 0 heterocycles. The van der Waals surface area contributed by atoms with Crippen molar-refractivity contribution in [2.45, 2.75) is 6.61 Å². The van der Waals surface area contributed by atoms with Gasteiger partial charge in [-0.2, -0.15) is 0 Å². The van der Waals surface area contributed by atoms with Crippen molar-refractivity contribution in [1.82, 2.24) is 0 Å². The number of rotatable bonds is 5. The fraction of sp³-hybridized carbons (Fsp3) is 0.0476. The Morgan fingerprint density at radius 1 is 0.708 bits per heavy atom. The van der Waals surface area contributed by atoms with Crippen LogP contribution in [0, 0.1) is 0 Å². The molecule has 3 aromatic rings. The second-order valence-electron chi connectivity index (χ2n) is 5.46. The van der Waals surface area contributed by atoms with E-state index in [0.29, 0.717) is 12.4 Å². The first kappa shape index (κ1) is 15.7. The number of aromatic hydroxyl groups is 2. The zero-order valence-electron chi connectivity index (χ0n) is 13.1. The standard InChI is InChI=1S/C21H18O3/c22-19-10-8-16(9-11-19)6-7-18-12-20(23)14-21(13-18)24-15-17-4-2-1-3-5-17/h1-14,22-23H,15H2/b7-6+. The Bertz CT molecular complexity index is 821. The summed E-state index contributed by atoms with van der Waals surface area (Å²) in [5.74, 6) is 1.01. The van der Waals surface area contributed by atoms with Gasteiger partial charge in [0.05, 0.1) is 0 Å². The van der Waals surface area contributed by atoms with Crippen molar-refractivity contribution in [3.8, 4) is 17.2 Å². The number of benzene rings is 3. The summed E-state index contributed by atoms with van der Waals surface area (Å²) in [7, 11) is 0. The van der Waals surface area contributed by atoms with E-state index in [1.807, 2.05) is 60.7 Å². The molecular weight excluding hydrogens is 300 g/mol. The van der Waals surface area contributed by atoms with Gasteiger partial charge < -0.3 is 14.9 Å². The SMILES string of the molecule is Oc1ccc(/C=C/c2cc(O)cc(OCc3ccccc3)c2)cc1. The summed E-state index contributed by atoms with van der Waals surface area (Å²) in [6, 6.07) is 21.9. The molecule has 24 heavy (non-hydrogen) atoms. The smallest absolute Gasteiger partial charge is 0.124 e. The van der Waals surface area contributed by atoms with E-state index in [-0.39, 0.29) is 11.5 Å². The summed E-state index contributed by atoms with van der Waals surface area (Å²) in [4.78, 5) is 0. The van der Waals surface area contributed by atoms with Gasteiger partial charge in [0, 0.05) is 6.07 Å². The van der Waals surface area contributed by atoms with Crippen LogP contribution in [-0.4, -0.2) is 10.2 Å². The molecule has 3 heteroatoms. The monoisotopic (exact) mass is 318 g/mol. The summed E-state index contributed by atoms with van der Waals surface area (Å²) in [5, 5.41) is 19.2. The van der Waals surface area contributed by atoms with Crippen LogP contribution >= 0.6 is 0 Å². The van der Waals surface area contributed by atoms with Gasteiger partial charge in [0.15, 0.2) is 0 Å². The average molecular weight is 318 g/mol. The normalized spacial score (nSPS) is 10.8. The summed E-state index contributed by atoms with van der Waals surface area (Å²) in [5.41, 5.74) is 2.87. The van der Waals surface area contributed by atoms with Gasteiger partial charge in [-0.25, -0.2) is 0 Å². The molecule has 3 aromatic carbocycles. The molecule has 0 amide bonds. The molecule has 0 aromatic heterocycles. The lowest BCUT2D eigenvalue weighted by Crippen LogP contribution is -1.95. The molecule has 0 saturated carbocycles. The maximum atomic E-state index is 9.88. The average Bonchev–Trinajstić information content (AvgIpc) is 2.60. The van der Waals surface area contributed by atoms with Crippen molar-refractivity contribution in [1.29, 1.82) is 0 Å². The molecule has 2 N–H and O–H groups in total. The molecule has 0 aliphatic rings. The first-order valence-corrected chi connectivity index (χ1v) is 7.67. The number of phenolic OH excluding ortho intramolecular Hbond substituents is 2. The van der Waals surface area contributed by atoms with Crippen LogP contribution in [0.4, 0.5) is 0 Å². The van der Waals surface area contributed by atoms with Gasteiger partial charge in [-0.05, 0) is 41.0 Å². The van der Waals surface area contributed by atoms with Crippen molar-refractivity contribution in [2.24, 2.45) is 0 Å². The van der Waals surface area contributed by atoms with Crippen LogP contribution in [0.5, 0.6) is 17.2 Å². The second-order valence-corrected chi connectivity index (χ2v) is 5.46. The summed E-state index contributed by atoms with van der Waals surface area (Å²) < 4.78 is 5.75. The molecule has 0 aliphatic carbocycles. The predicted molar refractivity (Wildman–Crippen MR) is 95.9 cm³/mol. The van der Waals surface area contributed by atoms with E-state index in [1.165, 1.54) is 0 Å². The molecule has 0 atom stereocenters. The first-order valence-electron chi connectivity index (χ1n) is 7.67. The lowest BCUT2D eigenvalue weighted by atomic mass is 10.1. The molecule has 0 spiro atoms. The quantitative estimate of drug-likeness (QED) is 0.661. The third-order valence-electron chi connectivity index (χ3n) is 3.52. The van der Waals surface area contributed by atoms with Crippen LogP contribution < -0.4 is 4.74 Å². The largest absolute Gasteiger partial charge is 0.508 e. The Hall–Kier alpha value is -3.20. The van der Waals surface area contributed by atoms with Crippen LogP contribution in [0.2, 0.25) is 0 Å². The molecule has 0 saturated heterocycles. The van der Waals surface area contributed by atoms with Crippen molar-refractivity contribution < 1.29 is 14.9 Å². The number of hydrogen-bond donors (Lipinski definition) is 2. The summed E-state index contributed by atoms with van der Waals surface area (Å²) in [6.07, 6.45) is 3.80. The van der Waals surface area contributed by atoms with E-state index in [4.69, 9.17) is 4.74 Å². The summed E-state index contributed by atoms with van der Waals surface area (Å²) in [6.45, 7) is 0.450. The second kappa shape index (κ2) is 7.38. The van der Waals surface area contributed by atoms with Gasteiger partial charge in [0.1, 0.15) is 23.9 Å². The Kier molecular flexibility index (Phi) is 4.82. The highest BCUT2D eigenvalue weighted by atomic mass is 16.5. The molecule has 0 radical (unpaired) electrons. The zero-order chi connectivity index (χ0) is 16.8. The van der Waals surface area contributed by atoms with Crippen molar-refractivity contribution in [3.63, 3.8) is 0 Å². The highest BCUT2D eigenvalue weighted by Crippen LogP contribution is 2.24. The molecule has 0 unspecified atom stereocenters.